The average Bonchev–Trinajstić information content (AvgIpc) is 2.98. The molecular formula is C18H16FN3O. The first kappa shape index (κ1) is 15.0. The van der Waals surface area contributed by atoms with Crippen molar-refractivity contribution in [3.05, 3.63) is 72.3 Å². The Balaban J connectivity index is 1.54. The van der Waals surface area contributed by atoms with Crippen LogP contribution in [0.3, 0.4) is 0 Å². The van der Waals surface area contributed by atoms with Crippen LogP contribution in [0.15, 0.2) is 60.9 Å². The van der Waals surface area contributed by atoms with Gasteiger partial charge in [-0.15, -0.1) is 0 Å². The molecule has 1 N–H and O–H groups in total. The lowest BCUT2D eigenvalue weighted by molar-refractivity contribution is -0.116. The van der Waals surface area contributed by atoms with Crippen LogP contribution in [-0.4, -0.2) is 22.0 Å². The van der Waals surface area contributed by atoms with E-state index in [1.807, 2.05) is 28.8 Å². The third-order valence-corrected chi connectivity index (χ3v) is 3.50. The van der Waals surface area contributed by atoms with Gasteiger partial charge in [0, 0.05) is 24.7 Å². The molecule has 1 amide bonds. The fourth-order valence-corrected chi connectivity index (χ4v) is 2.32. The number of fused-ring (bicyclic) bond motifs is 1. The molecule has 0 saturated heterocycles. The van der Waals surface area contributed by atoms with Crippen molar-refractivity contribution in [3.8, 4) is 0 Å². The molecule has 1 aromatic heterocycles. The SMILES string of the molecule is O=C(C=Cc1ccccc1F)NCCn1cnc2ccccc21. The molecule has 116 valence electrons. The largest absolute Gasteiger partial charge is 0.351 e. The second-order valence-corrected chi connectivity index (χ2v) is 5.07. The van der Waals surface area contributed by atoms with Crippen LogP contribution in [0, 0.1) is 5.82 Å². The Kier molecular flexibility index (Phi) is 4.47. The minimum atomic E-state index is -0.346. The first-order valence-electron chi connectivity index (χ1n) is 7.34. The Morgan fingerprint density at radius 2 is 1.96 bits per heavy atom. The molecule has 3 aromatic rings. The second kappa shape index (κ2) is 6.87. The molecule has 1 heterocycles. The van der Waals surface area contributed by atoms with Gasteiger partial charge in [-0.3, -0.25) is 4.79 Å². The van der Waals surface area contributed by atoms with Crippen molar-refractivity contribution in [2.45, 2.75) is 6.54 Å². The summed E-state index contributed by atoms with van der Waals surface area (Å²) in [7, 11) is 0. The molecule has 0 spiro atoms. The van der Waals surface area contributed by atoms with Crippen LogP contribution in [-0.2, 0) is 11.3 Å². The van der Waals surface area contributed by atoms with Gasteiger partial charge in [0.25, 0.3) is 0 Å². The predicted molar refractivity (Wildman–Crippen MR) is 88.2 cm³/mol. The molecule has 0 aliphatic heterocycles. The summed E-state index contributed by atoms with van der Waals surface area (Å²) in [6, 6.07) is 14.2. The Hall–Kier alpha value is -2.95. The average molecular weight is 309 g/mol. The van der Waals surface area contributed by atoms with Gasteiger partial charge in [-0.05, 0) is 24.3 Å². The van der Waals surface area contributed by atoms with E-state index in [1.165, 1.54) is 18.2 Å². The first-order chi connectivity index (χ1) is 11.2. The number of carbonyl (C=O) groups excluding carboxylic acids is 1. The first-order valence-corrected chi connectivity index (χ1v) is 7.34. The number of para-hydroxylation sites is 2. The molecule has 5 heteroatoms. The highest BCUT2D eigenvalue weighted by atomic mass is 19.1. The van der Waals surface area contributed by atoms with E-state index in [0.717, 1.165) is 11.0 Å². The number of aromatic nitrogens is 2. The van der Waals surface area contributed by atoms with Crippen LogP contribution in [0.4, 0.5) is 4.39 Å². The number of amides is 1. The number of nitrogens with zero attached hydrogens (tertiary/aromatic N) is 2. The van der Waals surface area contributed by atoms with Gasteiger partial charge in [0.1, 0.15) is 5.82 Å². The molecule has 0 radical (unpaired) electrons. The highest BCUT2D eigenvalue weighted by molar-refractivity contribution is 5.91. The Morgan fingerprint density at radius 1 is 1.17 bits per heavy atom. The van der Waals surface area contributed by atoms with Gasteiger partial charge in [-0.1, -0.05) is 30.3 Å². The normalized spacial score (nSPS) is 11.2. The fraction of sp³-hybridized carbons (Fsp3) is 0.111. The second-order valence-electron chi connectivity index (χ2n) is 5.07. The van der Waals surface area contributed by atoms with Crippen LogP contribution in [0.1, 0.15) is 5.56 Å². The third kappa shape index (κ3) is 3.63. The van der Waals surface area contributed by atoms with E-state index in [1.54, 1.807) is 24.5 Å². The molecule has 3 rings (SSSR count). The van der Waals surface area contributed by atoms with Crippen LogP contribution in [0.25, 0.3) is 17.1 Å². The van der Waals surface area contributed by atoms with Crippen molar-refractivity contribution in [1.29, 1.82) is 0 Å². The Bertz CT molecular complexity index is 854. The van der Waals surface area contributed by atoms with Crippen molar-refractivity contribution < 1.29 is 9.18 Å². The smallest absolute Gasteiger partial charge is 0.244 e. The van der Waals surface area contributed by atoms with Crippen molar-refractivity contribution in [2.75, 3.05) is 6.54 Å². The topological polar surface area (TPSA) is 46.9 Å². The number of hydrogen-bond donors (Lipinski definition) is 1. The van der Waals surface area contributed by atoms with E-state index in [0.29, 0.717) is 18.7 Å². The van der Waals surface area contributed by atoms with Gasteiger partial charge in [0.15, 0.2) is 0 Å². The van der Waals surface area contributed by atoms with E-state index in [-0.39, 0.29) is 11.7 Å². The Morgan fingerprint density at radius 3 is 2.83 bits per heavy atom. The van der Waals surface area contributed by atoms with Gasteiger partial charge in [0.05, 0.1) is 17.4 Å². The summed E-state index contributed by atoms with van der Waals surface area (Å²) in [6.45, 7) is 1.10. The molecule has 0 saturated carbocycles. The molecule has 23 heavy (non-hydrogen) atoms. The summed E-state index contributed by atoms with van der Waals surface area (Å²) < 4.78 is 15.4. The van der Waals surface area contributed by atoms with Crippen molar-refractivity contribution in [3.63, 3.8) is 0 Å². The number of imidazole rings is 1. The molecule has 0 aliphatic rings. The fourth-order valence-electron chi connectivity index (χ4n) is 2.32. The zero-order valence-corrected chi connectivity index (χ0v) is 12.4. The molecule has 0 atom stereocenters. The van der Waals surface area contributed by atoms with Crippen LogP contribution in [0.5, 0.6) is 0 Å². The molecule has 0 unspecified atom stereocenters. The lowest BCUT2D eigenvalue weighted by Gasteiger charge is -2.05. The summed E-state index contributed by atoms with van der Waals surface area (Å²) in [5, 5.41) is 2.78. The lowest BCUT2D eigenvalue weighted by Crippen LogP contribution is -2.25. The van der Waals surface area contributed by atoms with Gasteiger partial charge in [-0.25, -0.2) is 9.37 Å². The summed E-state index contributed by atoms with van der Waals surface area (Å²) in [5.41, 5.74) is 2.35. The van der Waals surface area contributed by atoms with Gasteiger partial charge < -0.3 is 9.88 Å². The van der Waals surface area contributed by atoms with Crippen LogP contribution in [0.2, 0.25) is 0 Å². The Labute approximate surface area is 133 Å². The lowest BCUT2D eigenvalue weighted by atomic mass is 10.2. The minimum absolute atomic E-state index is 0.252. The van der Waals surface area contributed by atoms with E-state index in [9.17, 15) is 9.18 Å². The van der Waals surface area contributed by atoms with Crippen LogP contribution >= 0.6 is 0 Å². The maximum atomic E-state index is 13.4. The summed E-state index contributed by atoms with van der Waals surface area (Å²) >= 11 is 0. The molecule has 2 aromatic carbocycles. The van der Waals surface area contributed by atoms with E-state index in [4.69, 9.17) is 0 Å². The molecule has 0 fully saturated rings. The highest BCUT2D eigenvalue weighted by Gasteiger charge is 2.02. The standard InChI is InChI=1S/C18H16FN3O/c19-15-6-2-1-5-14(15)9-10-18(23)20-11-12-22-13-21-16-7-3-4-8-17(16)22/h1-10,13H,11-12H2,(H,20,23). The van der Waals surface area contributed by atoms with E-state index >= 15 is 0 Å². The monoisotopic (exact) mass is 309 g/mol. The maximum absolute atomic E-state index is 13.4. The van der Waals surface area contributed by atoms with Gasteiger partial charge in [-0.2, -0.15) is 0 Å². The number of nitrogens with one attached hydrogen (secondary N) is 1. The maximum Gasteiger partial charge on any atom is 0.244 e. The zero-order valence-electron chi connectivity index (χ0n) is 12.4. The number of halogens is 1. The minimum Gasteiger partial charge on any atom is -0.351 e. The molecular weight excluding hydrogens is 293 g/mol. The van der Waals surface area contributed by atoms with E-state index in [2.05, 4.69) is 10.3 Å². The van der Waals surface area contributed by atoms with Crippen molar-refractivity contribution in [1.82, 2.24) is 14.9 Å². The molecule has 4 nitrogen and oxygen atoms in total. The predicted octanol–water partition coefficient (Wildman–Crippen LogP) is 3.01. The van der Waals surface area contributed by atoms with Gasteiger partial charge in [0.2, 0.25) is 5.91 Å². The summed E-state index contributed by atoms with van der Waals surface area (Å²) in [5.74, 6) is -0.598. The summed E-state index contributed by atoms with van der Waals surface area (Å²) in [4.78, 5) is 16.1. The van der Waals surface area contributed by atoms with Crippen molar-refractivity contribution in [2.24, 2.45) is 0 Å². The van der Waals surface area contributed by atoms with Crippen LogP contribution < -0.4 is 5.32 Å². The van der Waals surface area contributed by atoms with Crippen molar-refractivity contribution >= 4 is 23.0 Å². The highest BCUT2D eigenvalue weighted by Crippen LogP contribution is 2.11. The summed E-state index contributed by atoms with van der Waals surface area (Å²) in [6.07, 6.45) is 4.56. The number of carbonyl (C=O) groups is 1. The van der Waals surface area contributed by atoms with Gasteiger partial charge >= 0.3 is 0 Å². The van der Waals surface area contributed by atoms with E-state index < -0.39 is 0 Å². The number of hydrogen-bond acceptors (Lipinski definition) is 2. The zero-order chi connectivity index (χ0) is 16.1. The molecule has 0 bridgehead atoms. The third-order valence-electron chi connectivity index (χ3n) is 3.50. The number of benzene rings is 2. The quantitative estimate of drug-likeness (QED) is 0.737. The number of rotatable bonds is 5. The molecule has 0 aliphatic carbocycles.